The predicted octanol–water partition coefficient (Wildman–Crippen LogP) is 1.70. The van der Waals surface area contributed by atoms with Gasteiger partial charge in [-0.05, 0) is 48.1 Å². The van der Waals surface area contributed by atoms with E-state index in [-0.39, 0.29) is 12.1 Å². The van der Waals surface area contributed by atoms with Gasteiger partial charge in [0.2, 0.25) is 0 Å². The van der Waals surface area contributed by atoms with E-state index in [1.54, 1.807) is 0 Å². The number of halogens is 1. The Labute approximate surface area is 117 Å². The first-order chi connectivity index (χ1) is 9.47. The van der Waals surface area contributed by atoms with Crippen molar-refractivity contribution >= 4 is 12.6 Å². The zero-order valence-electron chi connectivity index (χ0n) is 11.4. The van der Waals surface area contributed by atoms with Crippen molar-refractivity contribution in [3.8, 4) is 5.75 Å². The average molecular weight is 274 g/mol. The second kappa shape index (κ2) is 6.07. The lowest BCUT2D eigenvalue weighted by Gasteiger charge is -2.12. The van der Waals surface area contributed by atoms with E-state index in [9.17, 15) is 4.39 Å². The van der Waals surface area contributed by atoms with Crippen LogP contribution in [0.3, 0.4) is 0 Å². The van der Waals surface area contributed by atoms with E-state index < -0.39 is 12.9 Å². The molecule has 0 aliphatic carbocycles. The SMILES string of the molecule is Cc1cccc(C)c1OCc1cc(F)cc(B(O)O)c1. The molecule has 0 bridgehead atoms. The number of benzene rings is 2. The topological polar surface area (TPSA) is 49.7 Å². The minimum absolute atomic E-state index is 0.116. The fourth-order valence-corrected chi connectivity index (χ4v) is 2.09. The molecule has 2 N–H and O–H groups in total. The van der Waals surface area contributed by atoms with Gasteiger partial charge in [-0.3, -0.25) is 0 Å². The van der Waals surface area contributed by atoms with Gasteiger partial charge >= 0.3 is 7.12 Å². The molecule has 0 heterocycles. The quantitative estimate of drug-likeness (QED) is 0.834. The van der Waals surface area contributed by atoms with Crippen molar-refractivity contribution in [3.63, 3.8) is 0 Å². The number of hydrogen-bond donors (Lipinski definition) is 2. The molecule has 0 radical (unpaired) electrons. The van der Waals surface area contributed by atoms with Crippen LogP contribution in [0, 0.1) is 19.7 Å². The molecule has 0 aliphatic rings. The Morgan fingerprint density at radius 1 is 1.10 bits per heavy atom. The van der Waals surface area contributed by atoms with Gasteiger partial charge in [-0.25, -0.2) is 4.39 Å². The van der Waals surface area contributed by atoms with Crippen molar-refractivity contribution in [3.05, 3.63) is 58.9 Å². The Kier molecular flexibility index (Phi) is 4.42. The molecule has 0 saturated carbocycles. The van der Waals surface area contributed by atoms with Gasteiger partial charge in [-0.15, -0.1) is 0 Å². The van der Waals surface area contributed by atoms with Crippen LogP contribution in [-0.2, 0) is 6.61 Å². The van der Waals surface area contributed by atoms with E-state index in [0.717, 1.165) is 22.9 Å². The molecule has 0 saturated heterocycles. The van der Waals surface area contributed by atoms with Crippen LogP contribution in [0.5, 0.6) is 5.75 Å². The van der Waals surface area contributed by atoms with Crippen molar-refractivity contribution in [2.24, 2.45) is 0 Å². The highest BCUT2D eigenvalue weighted by atomic mass is 19.1. The Hall–Kier alpha value is -1.85. The highest BCUT2D eigenvalue weighted by Crippen LogP contribution is 2.23. The third-order valence-electron chi connectivity index (χ3n) is 3.07. The van der Waals surface area contributed by atoms with Gasteiger partial charge in [0.15, 0.2) is 0 Å². The molecule has 2 rings (SSSR count). The third kappa shape index (κ3) is 3.38. The van der Waals surface area contributed by atoms with Crippen LogP contribution in [0.15, 0.2) is 36.4 Å². The lowest BCUT2D eigenvalue weighted by Crippen LogP contribution is -2.30. The summed E-state index contributed by atoms with van der Waals surface area (Å²) in [6, 6.07) is 9.75. The molecule has 0 aliphatic heterocycles. The molecule has 0 amide bonds. The standard InChI is InChI=1S/C15H16BFO3/c1-10-4-3-5-11(2)15(10)20-9-12-6-13(16(18)19)8-14(17)7-12/h3-8,18-19H,9H2,1-2H3. The second-order valence-corrected chi connectivity index (χ2v) is 4.78. The molecule has 2 aromatic rings. The summed E-state index contributed by atoms with van der Waals surface area (Å²) >= 11 is 0. The Bertz CT molecular complexity index is 594. The van der Waals surface area contributed by atoms with Gasteiger partial charge in [-0.1, -0.05) is 24.3 Å². The summed E-state index contributed by atoms with van der Waals surface area (Å²) in [7, 11) is -1.69. The third-order valence-corrected chi connectivity index (χ3v) is 3.07. The fraction of sp³-hybridized carbons (Fsp3) is 0.200. The number of aryl methyl sites for hydroxylation is 2. The lowest BCUT2D eigenvalue weighted by atomic mass is 9.79. The molecule has 0 atom stereocenters. The first-order valence-electron chi connectivity index (χ1n) is 6.32. The zero-order chi connectivity index (χ0) is 14.7. The van der Waals surface area contributed by atoms with E-state index in [1.165, 1.54) is 12.1 Å². The van der Waals surface area contributed by atoms with Gasteiger partial charge < -0.3 is 14.8 Å². The van der Waals surface area contributed by atoms with Crippen LogP contribution >= 0.6 is 0 Å². The molecular weight excluding hydrogens is 258 g/mol. The summed E-state index contributed by atoms with van der Waals surface area (Å²) in [4.78, 5) is 0. The highest BCUT2D eigenvalue weighted by molar-refractivity contribution is 6.58. The molecule has 3 nitrogen and oxygen atoms in total. The number of hydrogen-bond acceptors (Lipinski definition) is 3. The summed E-state index contributed by atoms with van der Waals surface area (Å²) < 4.78 is 19.1. The molecule has 5 heteroatoms. The lowest BCUT2D eigenvalue weighted by molar-refractivity contribution is 0.301. The maximum Gasteiger partial charge on any atom is 0.488 e. The van der Waals surface area contributed by atoms with Gasteiger partial charge in [0.25, 0.3) is 0 Å². The van der Waals surface area contributed by atoms with Crippen LogP contribution in [0.1, 0.15) is 16.7 Å². The molecule has 104 valence electrons. The van der Waals surface area contributed by atoms with Gasteiger partial charge in [0, 0.05) is 0 Å². The number of ether oxygens (including phenoxy) is 1. The van der Waals surface area contributed by atoms with E-state index in [0.29, 0.717) is 5.56 Å². The number of rotatable bonds is 4. The molecule has 0 spiro atoms. The van der Waals surface area contributed by atoms with Crippen LogP contribution in [0.25, 0.3) is 0 Å². The van der Waals surface area contributed by atoms with E-state index in [4.69, 9.17) is 14.8 Å². The average Bonchev–Trinajstić information content (AvgIpc) is 2.37. The van der Waals surface area contributed by atoms with Crippen LogP contribution < -0.4 is 10.2 Å². The van der Waals surface area contributed by atoms with E-state index >= 15 is 0 Å². The first kappa shape index (κ1) is 14.6. The molecule has 0 fully saturated rings. The highest BCUT2D eigenvalue weighted by Gasteiger charge is 2.13. The van der Waals surface area contributed by atoms with Crippen molar-refractivity contribution < 1.29 is 19.2 Å². The maximum atomic E-state index is 13.4. The second-order valence-electron chi connectivity index (χ2n) is 4.78. The molecule has 0 aromatic heterocycles. The van der Waals surface area contributed by atoms with Crippen LogP contribution in [0.4, 0.5) is 4.39 Å². The number of para-hydroxylation sites is 1. The summed E-state index contributed by atoms with van der Waals surface area (Å²) in [6.45, 7) is 4.05. The Morgan fingerprint density at radius 3 is 2.35 bits per heavy atom. The van der Waals surface area contributed by atoms with Crippen molar-refractivity contribution in [2.75, 3.05) is 0 Å². The Morgan fingerprint density at radius 2 is 1.75 bits per heavy atom. The first-order valence-corrected chi connectivity index (χ1v) is 6.32. The molecule has 0 unspecified atom stereocenters. The predicted molar refractivity (Wildman–Crippen MR) is 76.5 cm³/mol. The van der Waals surface area contributed by atoms with Crippen LogP contribution in [-0.4, -0.2) is 17.2 Å². The minimum atomic E-state index is -1.69. The van der Waals surface area contributed by atoms with Gasteiger partial charge in [0.1, 0.15) is 18.2 Å². The fourth-order valence-electron chi connectivity index (χ4n) is 2.09. The summed E-state index contributed by atoms with van der Waals surface area (Å²) in [5, 5.41) is 18.2. The Balaban J connectivity index is 2.19. The molecular formula is C15H16BFO3. The normalized spacial score (nSPS) is 10.4. The van der Waals surface area contributed by atoms with Crippen LogP contribution in [0.2, 0.25) is 0 Å². The van der Waals surface area contributed by atoms with Gasteiger partial charge in [0.05, 0.1) is 0 Å². The zero-order valence-corrected chi connectivity index (χ0v) is 11.4. The summed E-state index contributed by atoms with van der Waals surface area (Å²) in [5.74, 6) is 0.249. The smallest absolute Gasteiger partial charge is 0.488 e. The largest absolute Gasteiger partial charge is 0.488 e. The minimum Gasteiger partial charge on any atom is -0.488 e. The maximum absolute atomic E-state index is 13.4. The van der Waals surface area contributed by atoms with Crippen molar-refractivity contribution in [2.45, 2.75) is 20.5 Å². The van der Waals surface area contributed by atoms with E-state index in [1.807, 2.05) is 32.0 Å². The summed E-state index contributed by atoms with van der Waals surface area (Å²) in [6.07, 6.45) is 0. The monoisotopic (exact) mass is 274 g/mol. The molecule has 20 heavy (non-hydrogen) atoms. The van der Waals surface area contributed by atoms with Gasteiger partial charge in [-0.2, -0.15) is 0 Å². The van der Waals surface area contributed by atoms with E-state index in [2.05, 4.69) is 0 Å². The molecule has 2 aromatic carbocycles. The van der Waals surface area contributed by atoms with Crippen molar-refractivity contribution in [1.82, 2.24) is 0 Å². The van der Waals surface area contributed by atoms with Crippen molar-refractivity contribution in [1.29, 1.82) is 0 Å². The summed E-state index contributed by atoms with van der Waals surface area (Å²) in [5.41, 5.74) is 2.67.